The van der Waals surface area contributed by atoms with Crippen molar-refractivity contribution in [2.45, 2.75) is 26.2 Å². The number of ether oxygens (including phenoxy) is 1. The van der Waals surface area contributed by atoms with Crippen LogP contribution >= 0.6 is 0 Å². The van der Waals surface area contributed by atoms with Gasteiger partial charge in [-0.25, -0.2) is 0 Å². The molecule has 0 amide bonds. The van der Waals surface area contributed by atoms with E-state index in [4.69, 9.17) is 4.74 Å². The lowest BCUT2D eigenvalue weighted by molar-refractivity contribution is -0.143. The van der Waals surface area contributed by atoms with Gasteiger partial charge in [0.25, 0.3) is 5.56 Å². The number of para-hydroxylation sites is 1. The van der Waals surface area contributed by atoms with Crippen LogP contribution in [0.2, 0.25) is 0 Å². The fraction of sp³-hybridized carbons (Fsp3) is 0.375. The van der Waals surface area contributed by atoms with Crippen LogP contribution in [0.1, 0.15) is 25.3 Å². The molecule has 0 aliphatic carbocycles. The minimum absolute atomic E-state index is 0.0812. The van der Waals surface area contributed by atoms with Crippen LogP contribution in [0.5, 0.6) is 5.75 Å². The predicted molar refractivity (Wildman–Crippen MR) is 80.4 cm³/mol. The second-order valence-corrected chi connectivity index (χ2v) is 4.96. The van der Waals surface area contributed by atoms with E-state index in [-0.39, 0.29) is 23.3 Å². The van der Waals surface area contributed by atoms with Gasteiger partial charge in [-0.1, -0.05) is 25.5 Å². The van der Waals surface area contributed by atoms with Crippen molar-refractivity contribution in [1.82, 2.24) is 4.57 Å². The zero-order chi connectivity index (χ0) is 15.4. The Hall–Kier alpha value is -2.30. The highest BCUT2D eigenvalue weighted by Gasteiger charge is 2.17. The van der Waals surface area contributed by atoms with Crippen molar-refractivity contribution in [3.8, 4) is 5.75 Å². The molecule has 0 atom stereocenters. The minimum Gasteiger partial charge on any atom is -0.507 e. The van der Waals surface area contributed by atoms with Gasteiger partial charge < -0.3 is 14.4 Å². The van der Waals surface area contributed by atoms with Gasteiger partial charge in [-0.2, -0.15) is 0 Å². The van der Waals surface area contributed by atoms with Gasteiger partial charge in [-0.05, 0) is 18.6 Å². The van der Waals surface area contributed by atoms with Crippen LogP contribution in [-0.2, 0) is 23.0 Å². The summed E-state index contributed by atoms with van der Waals surface area (Å²) < 4.78 is 6.48. The Bertz CT molecular complexity index is 718. The third-order valence-corrected chi connectivity index (χ3v) is 3.45. The molecule has 2 rings (SSSR count). The Morgan fingerprint density at radius 2 is 2.05 bits per heavy atom. The first-order chi connectivity index (χ1) is 10.1. The smallest absolute Gasteiger partial charge is 0.310 e. The van der Waals surface area contributed by atoms with Gasteiger partial charge >= 0.3 is 5.97 Å². The van der Waals surface area contributed by atoms with Crippen LogP contribution in [0.3, 0.4) is 0 Å². The molecule has 0 radical (unpaired) electrons. The highest BCUT2D eigenvalue weighted by Crippen LogP contribution is 2.26. The van der Waals surface area contributed by atoms with Gasteiger partial charge in [-0.3, -0.25) is 9.59 Å². The van der Waals surface area contributed by atoms with Crippen LogP contribution in [-0.4, -0.2) is 22.2 Å². The van der Waals surface area contributed by atoms with E-state index in [1.165, 1.54) is 4.57 Å². The molecule has 112 valence electrons. The van der Waals surface area contributed by atoms with E-state index < -0.39 is 5.97 Å². The zero-order valence-corrected chi connectivity index (χ0v) is 12.3. The normalized spacial score (nSPS) is 10.8. The van der Waals surface area contributed by atoms with Gasteiger partial charge in [-0.15, -0.1) is 0 Å². The first-order valence-electron chi connectivity index (χ1n) is 7.01. The molecule has 1 aromatic heterocycles. The number of aryl methyl sites for hydroxylation is 1. The maximum Gasteiger partial charge on any atom is 0.310 e. The van der Waals surface area contributed by atoms with E-state index in [1.807, 2.05) is 6.92 Å². The van der Waals surface area contributed by atoms with Crippen LogP contribution in [0.25, 0.3) is 10.9 Å². The SMILES string of the molecule is CCCCOC(=O)Cc1c(O)c2ccccc2n(C)c1=O. The molecular weight excluding hydrogens is 270 g/mol. The summed E-state index contributed by atoms with van der Waals surface area (Å²) in [5.41, 5.74) is 0.333. The average Bonchev–Trinajstić information content (AvgIpc) is 2.49. The summed E-state index contributed by atoms with van der Waals surface area (Å²) in [4.78, 5) is 24.0. The number of aromatic nitrogens is 1. The highest BCUT2D eigenvalue weighted by molar-refractivity contribution is 5.87. The minimum atomic E-state index is -0.494. The van der Waals surface area contributed by atoms with Crippen molar-refractivity contribution in [2.75, 3.05) is 6.61 Å². The Kier molecular flexibility index (Phi) is 4.62. The number of carbonyl (C=O) groups is 1. The van der Waals surface area contributed by atoms with Crippen LogP contribution in [0.4, 0.5) is 0 Å². The number of hydrogen-bond acceptors (Lipinski definition) is 4. The van der Waals surface area contributed by atoms with Crippen molar-refractivity contribution in [3.63, 3.8) is 0 Å². The maximum absolute atomic E-state index is 12.3. The molecule has 0 aliphatic rings. The van der Waals surface area contributed by atoms with Gasteiger partial charge in [0.15, 0.2) is 0 Å². The molecule has 5 nitrogen and oxygen atoms in total. The quantitative estimate of drug-likeness (QED) is 0.676. The number of fused-ring (bicyclic) bond motifs is 1. The topological polar surface area (TPSA) is 68.5 Å². The largest absolute Gasteiger partial charge is 0.507 e. The molecule has 0 saturated heterocycles. The maximum atomic E-state index is 12.3. The molecule has 0 spiro atoms. The summed E-state index contributed by atoms with van der Waals surface area (Å²) in [5, 5.41) is 10.8. The fourth-order valence-electron chi connectivity index (χ4n) is 2.23. The lowest BCUT2D eigenvalue weighted by Gasteiger charge is -2.11. The Morgan fingerprint density at radius 3 is 2.76 bits per heavy atom. The van der Waals surface area contributed by atoms with Gasteiger partial charge in [0.1, 0.15) is 5.75 Å². The van der Waals surface area contributed by atoms with Crippen molar-refractivity contribution < 1.29 is 14.6 Å². The Morgan fingerprint density at radius 1 is 1.33 bits per heavy atom. The van der Waals surface area contributed by atoms with Crippen LogP contribution in [0.15, 0.2) is 29.1 Å². The monoisotopic (exact) mass is 289 g/mol. The molecule has 0 aliphatic heterocycles. The lowest BCUT2D eigenvalue weighted by atomic mass is 10.1. The van der Waals surface area contributed by atoms with E-state index in [1.54, 1.807) is 31.3 Å². The second kappa shape index (κ2) is 6.43. The zero-order valence-electron chi connectivity index (χ0n) is 12.3. The van der Waals surface area contributed by atoms with Crippen LogP contribution in [0, 0.1) is 0 Å². The number of pyridine rings is 1. The summed E-state index contributed by atoms with van der Waals surface area (Å²) in [6.45, 7) is 2.34. The van der Waals surface area contributed by atoms with Crippen molar-refractivity contribution in [3.05, 3.63) is 40.2 Å². The van der Waals surface area contributed by atoms with E-state index in [0.717, 1.165) is 12.8 Å². The number of unbranched alkanes of at least 4 members (excludes halogenated alkanes) is 1. The molecule has 0 saturated carbocycles. The highest BCUT2D eigenvalue weighted by atomic mass is 16.5. The predicted octanol–water partition coefficient (Wildman–Crippen LogP) is 2.13. The number of nitrogens with zero attached hydrogens (tertiary/aromatic N) is 1. The molecule has 0 bridgehead atoms. The van der Waals surface area contributed by atoms with Crippen LogP contribution < -0.4 is 5.56 Å². The molecule has 1 aromatic carbocycles. The number of esters is 1. The van der Waals surface area contributed by atoms with Gasteiger partial charge in [0.05, 0.1) is 24.1 Å². The first-order valence-corrected chi connectivity index (χ1v) is 7.01. The molecule has 1 N–H and O–H groups in total. The molecule has 2 aromatic rings. The molecular formula is C16H19NO4. The van der Waals surface area contributed by atoms with E-state index in [0.29, 0.717) is 17.5 Å². The summed E-state index contributed by atoms with van der Waals surface area (Å²) in [6.07, 6.45) is 1.50. The molecule has 1 heterocycles. The number of hydrogen-bond donors (Lipinski definition) is 1. The Labute approximate surface area is 122 Å². The number of aromatic hydroxyl groups is 1. The third kappa shape index (κ3) is 3.07. The first kappa shape index (κ1) is 15.1. The number of benzene rings is 1. The summed E-state index contributed by atoms with van der Waals surface area (Å²) in [5.74, 6) is -0.632. The third-order valence-electron chi connectivity index (χ3n) is 3.45. The molecule has 21 heavy (non-hydrogen) atoms. The fourth-order valence-corrected chi connectivity index (χ4v) is 2.23. The number of carbonyl (C=O) groups excluding carboxylic acids is 1. The second-order valence-electron chi connectivity index (χ2n) is 4.96. The number of rotatable bonds is 5. The van der Waals surface area contributed by atoms with Gasteiger partial charge in [0, 0.05) is 12.4 Å². The van der Waals surface area contributed by atoms with E-state index in [9.17, 15) is 14.7 Å². The van der Waals surface area contributed by atoms with E-state index in [2.05, 4.69) is 0 Å². The van der Waals surface area contributed by atoms with E-state index >= 15 is 0 Å². The molecule has 5 heteroatoms. The summed E-state index contributed by atoms with van der Waals surface area (Å²) in [7, 11) is 1.62. The Balaban J connectivity index is 2.36. The molecule has 0 unspecified atom stereocenters. The van der Waals surface area contributed by atoms with Gasteiger partial charge in [0.2, 0.25) is 0 Å². The van der Waals surface area contributed by atoms with Crippen molar-refractivity contribution in [1.29, 1.82) is 0 Å². The molecule has 0 fully saturated rings. The van der Waals surface area contributed by atoms with Crippen molar-refractivity contribution >= 4 is 16.9 Å². The summed E-state index contributed by atoms with van der Waals surface area (Å²) >= 11 is 0. The lowest BCUT2D eigenvalue weighted by Crippen LogP contribution is -2.24. The standard InChI is InChI=1S/C16H19NO4/c1-3-4-9-21-14(18)10-12-15(19)11-7-5-6-8-13(11)17(2)16(12)20/h5-8,19H,3-4,9-10H2,1-2H3. The van der Waals surface area contributed by atoms with Crippen molar-refractivity contribution in [2.24, 2.45) is 7.05 Å². The average molecular weight is 289 g/mol. The summed E-state index contributed by atoms with van der Waals surface area (Å²) in [6, 6.07) is 7.03.